The van der Waals surface area contributed by atoms with Crippen LogP contribution in [-0.4, -0.2) is 44.9 Å². The van der Waals surface area contributed by atoms with E-state index in [2.05, 4.69) is 38.1 Å². The first-order chi connectivity index (χ1) is 11.2. The molecule has 1 N–H and O–H groups in total. The summed E-state index contributed by atoms with van der Waals surface area (Å²) in [7, 11) is 1.82. The minimum Gasteiger partial charge on any atom is -0.338 e. The van der Waals surface area contributed by atoms with Crippen LogP contribution < -0.4 is 11.0 Å². The predicted molar refractivity (Wildman–Crippen MR) is 94.1 cm³/mol. The van der Waals surface area contributed by atoms with Gasteiger partial charge in [-0.15, -0.1) is 0 Å². The Hall–Kier alpha value is -1.79. The molecule has 1 aliphatic rings. The van der Waals surface area contributed by atoms with Crippen LogP contribution in [-0.2, 0) is 19.5 Å². The van der Waals surface area contributed by atoms with Crippen molar-refractivity contribution in [2.75, 3.05) is 13.6 Å². The summed E-state index contributed by atoms with van der Waals surface area (Å²) < 4.78 is 3.31. The predicted octanol–water partition coefficient (Wildman–Crippen LogP) is 1.85. The van der Waals surface area contributed by atoms with E-state index in [4.69, 9.17) is 0 Å². The summed E-state index contributed by atoms with van der Waals surface area (Å²) in [6.07, 6.45) is 3.73. The molecular weight excluding hydrogens is 306 g/mol. The third-order valence-corrected chi connectivity index (χ3v) is 5.01. The highest BCUT2D eigenvalue weighted by molar-refractivity contribution is 5.74. The largest absolute Gasteiger partial charge is 0.345 e. The molecule has 2 amide bonds. The van der Waals surface area contributed by atoms with Crippen molar-refractivity contribution < 1.29 is 4.79 Å². The average Bonchev–Trinajstić information content (AvgIpc) is 2.85. The Kier molecular flexibility index (Phi) is 5.72. The van der Waals surface area contributed by atoms with E-state index in [0.717, 1.165) is 31.6 Å². The first-order valence-corrected chi connectivity index (χ1v) is 8.89. The van der Waals surface area contributed by atoms with Gasteiger partial charge in [0.1, 0.15) is 5.82 Å². The first kappa shape index (κ1) is 18.5. The first-order valence-electron chi connectivity index (χ1n) is 8.89. The van der Waals surface area contributed by atoms with Crippen molar-refractivity contribution in [3.05, 3.63) is 16.3 Å². The fraction of sp³-hybridized carbons (Fsp3) is 0.824. The molecule has 2 heterocycles. The molecule has 0 aromatic carbocycles. The molecule has 1 aromatic heterocycles. The van der Waals surface area contributed by atoms with Crippen LogP contribution >= 0.6 is 0 Å². The van der Waals surface area contributed by atoms with E-state index in [1.54, 1.807) is 9.47 Å². The number of hydrogen-bond acceptors (Lipinski definition) is 3. The minimum atomic E-state index is -0.0751. The molecule has 7 nitrogen and oxygen atoms in total. The molecule has 0 fully saturated rings. The highest BCUT2D eigenvalue weighted by Gasteiger charge is 2.26. The lowest BCUT2D eigenvalue weighted by atomic mass is 9.87. The Morgan fingerprint density at radius 1 is 1.38 bits per heavy atom. The van der Waals surface area contributed by atoms with Crippen molar-refractivity contribution in [2.24, 2.45) is 5.41 Å². The molecule has 136 valence electrons. The number of urea groups is 1. The van der Waals surface area contributed by atoms with Crippen LogP contribution in [0.5, 0.6) is 0 Å². The molecule has 0 saturated heterocycles. The lowest BCUT2D eigenvalue weighted by molar-refractivity contribution is 0.146. The molecule has 0 radical (unpaired) electrons. The second kappa shape index (κ2) is 7.40. The number of aryl methyl sites for hydroxylation is 2. The van der Waals surface area contributed by atoms with Crippen molar-refractivity contribution in [2.45, 2.75) is 72.5 Å². The summed E-state index contributed by atoms with van der Waals surface area (Å²) in [4.78, 5) is 26.2. The maximum atomic E-state index is 12.2. The summed E-state index contributed by atoms with van der Waals surface area (Å²) in [6, 6.07) is 0.0638. The minimum absolute atomic E-state index is 0.0190. The third kappa shape index (κ3) is 4.19. The van der Waals surface area contributed by atoms with Gasteiger partial charge in [0.15, 0.2) is 0 Å². The number of rotatable bonds is 5. The van der Waals surface area contributed by atoms with Gasteiger partial charge in [-0.25, -0.2) is 14.3 Å². The fourth-order valence-electron chi connectivity index (χ4n) is 2.90. The number of hydrogen-bond donors (Lipinski definition) is 1. The highest BCUT2D eigenvalue weighted by atomic mass is 16.2. The van der Waals surface area contributed by atoms with Crippen molar-refractivity contribution in [1.29, 1.82) is 0 Å². The van der Waals surface area contributed by atoms with Crippen molar-refractivity contribution in [3.63, 3.8) is 0 Å². The lowest BCUT2D eigenvalue weighted by Crippen LogP contribution is -2.47. The smallest absolute Gasteiger partial charge is 0.338 e. The Labute approximate surface area is 144 Å². The number of nitrogens with zero attached hydrogens (tertiary/aromatic N) is 4. The summed E-state index contributed by atoms with van der Waals surface area (Å²) in [5, 5.41) is 7.33. The Morgan fingerprint density at radius 2 is 2.08 bits per heavy atom. The summed E-state index contributed by atoms with van der Waals surface area (Å²) in [6.45, 7) is 10.3. The number of fused-ring (bicyclic) bond motifs is 1. The standard InChI is InChI=1S/C17H31N5O2/c1-13(17(2,3)4)20(5)15(23)18-10-8-12-22-16(24)21-11-7-6-9-14(21)19-22/h13H,6-12H2,1-5H3,(H,18,23)/t13-/m1/s1. The molecule has 1 aliphatic heterocycles. The van der Waals surface area contributed by atoms with Crippen LogP contribution in [0.2, 0.25) is 0 Å². The van der Waals surface area contributed by atoms with E-state index < -0.39 is 0 Å². The zero-order valence-electron chi connectivity index (χ0n) is 15.6. The topological polar surface area (TPSA) is 72.2 Å². The molecule has 7 heteroatoms. The van der Waals surface area contributed by atoms with Gasteiger partial charge in [0.2, 0.25) is 0 Å². The maximum absolute atomic E-state index is 12.2. The van der Waals surface area contributed by atoms with Gasteiger partial charge in [-0.05, 0) is 31.6 Å². The highest BCUT2D eigenvalue weighted by Crippen LogP contribution is 2.22. The molecule has 0 spiro atoms. The molecule has 0 bridgehead atoms. The fourth-order valence-corrected chi connectivity index (χ4v) is 2.90. The van der Waals surface area contributed by atoms with Gasteiger partial charge in [-0.2, -0.15) is 5.10 Å². The summed E-state index contributed by atoms with van der Waals surface area (Å²) in [5.41, 5.74) is 0.0176. The van der Waals surface area contributed by atoms with E-state index in [1.165, 1.54) is 4.68 Å². The van der Waals surface area contributed by atoms with Gasteiger partial charge in [0.25, 0.3) is 0 Å². The molecule has 2 rings (SSSR count). The van der Waals surface area contributed by atoms with Gasteiger partial charge in [-0.3, -0.25) is 4.57 Å². The average molecular weight is 337 g/mol. The summed E-state index contributed by atoms with van der Waals surface area (Å²) in [5.74, 6) is 0.897. The van der Waals surface area contributed by atoms with Crippen LogP contribution in [0, 0.1) is 5.41 Å². The number of amides is 2. The van der Waals surface area contributed by atoms with Crippen molar-refractivity contribution >= 4 is 6.03 Å². The van der Waals surface area contributed by atoms with E-state index in [1.807, 2.05) is 7.05 Å². The van der Waals surface area contributed by atoms with Crippen LogP contribution in [0.15, 0.2) is 4.79 Å². The van der Waals surface area contributed by atoms with Gasteiger partial charge in [0.05, 0.1) is 0 Å². The Morgan fingerprint density at radius 3 is 2.71 bits per heavy atom. The molecule has 0 saturated carbocycles. The molecule has 1 atom stereocenters. The van der Waals surface area contributed by atoms with Gasteiger partial charge in [-0.1, -0.05) is 20.8 Å². The van der Waals surface area contributed by atoms with E-state index >= 15 is 0 Å². The molecule has 1 aromatic rings. The molecular formula is C17H31N5O2. The van der Waals surface area contributed by atoms with Crippen LogP contribution in [0.1, 0.15) is 52.8 Å². The SMILES string of the molecule is C[C@@H](N(C)C(=O)NCCCn1nc2n(c1=O)CCCC2)C(C)(C)C. The molecule has 0 unspecified atom stereocenters. The lowest BCUT2D eigenvalue weighted by Gasteiger charge is -2.35. The second-order valence-corrected chi connectivity index (χ2v) is 7.77. The molecule has 0 aliphatic carbocycles. The van der Waals surface area contributed by atoms with Crippen LogP contribution in [0.25, 0.3) is 0 Å². The number of carbonyl (C=O) groups excluding carboxylic acids is 1. The molecule has 24 heavy (non-hydrogen) atoms. The van der Waals surface area contributed by atoms with E-state index in [9.17, 15) is 9.59 Å². The van der Waals surface area contributed by atoms with Gasteiger partial charge >= 0.3 is 11.7 Å². The Balaban J connectivity index is 1.80. The number of nitrogens with one attached hydrogen (secondary N) is 1. The number of aromatic nitrogens is 3. The normalized spacial score (nSPS) is 15.7. The summed E-state index contributed by atoms with van der Waals surface area (Å²) >= 11 is 0. The monoisotopic (exact) mass is 337 g/mol. The van der Waals surface area contributed by atoms with Crippen LogP contribution in [0.3, 0.4) is 0 Å². The van der Waals surface area contributed by atoms with E-state index in [0.29, 0.717) is 19.5 Å². The quantitative estimate of drug-likeness (QED) is 0.834. The zero-order chi connectivity index (χ0) is 17.9. The third-order valence-electron chi connectivity index (χ3n) is 5.01. The van der Waals surface area contributed by atoms with Gasteiger partial charge < -0.3 is 10.2 Å². The second-order valence-electron chi connectivity index (χ2n) is 7.77. The number of carbonyl (C=O) groups is 1. The Bertz CT molecular complexity index is 626. The maximum Gasteiger partial charge on any atom is 0.345 e. The van der Waals surface area contributed by atoms with Crippen LogP contribution in [0.4, 0.5) is 4.79 Å². The zero-order valence-corrected chi connectivity index (χ0v) is 15.6. The van der Waals surface area contributed by atoms with Gasteiger partial charge in [0, 0.05) is 39.1 Å². The van der Waals surface area contributed by atoms with Crippen molar-refractivity contribution in [1.82, 2.24) is 24.6 Å². The van der Waals surface area contributed by atoms with E-state index in [-0.39, 0.29) is 23.2 Å². The van der Waals surface area contributed by atoms with Crippen molar-refractivity contribution in [3.8, 4) is 0 Å².